The molecule has 21 heavy (non-hydrogen) atoms. The quantitative estimate of drug-likeness (QED) is 0.630. The van der Waals surface area contributed by atoms with Gasteiger partial charge in [-0.2, -0.15) is 0 Å². The van der Waals surface area contributed by atoms with E-state index in [9.17, 15) is 4.79 Å². The highest BCUT2D eigenvalue weighted by Gasteiger charge is 1.99. The largest absolute Gasteiger partial charge is 0.493 e. The van der Waals surface area contributed by atoms with E-state index in [1.807, 2.05) is 48.5 Å². The molecule has 0 bridgehead atoms. The Balaban J connectivity index is 1.78. The van der Waals surface area contributed by atoms with Gasteiger partial charge >= 0.3 is 0 Å². The second-order valence-corrected chi connectivity index (χ2v) is 5.96. The van der Waals surface area contributed by atoms with Gasteiger partial charge in [-0.3, -0.25) is 4.79 Å². The number of nitrogens with one attached hydrogen (secondary N) is 1. The van der Waals surface area contributed by atoms with Crippen molar-refractivity contribution in [2.75, 3.05) is 17.7 Å². The summed E-state index contributed by atoms with van der Waals surface area (Å²) in [7, 11) is 0. The molecule has 0 saturated carbocycles. The summed E-state index contributed by atoms with van der Waals surface area (Å²) in [6.07, 6.45) is 0. The number of thioether (sulfide) groups is 1. The van der Waals surface area contributed by atoms with Crippen LogP contribution in [-0.2, 0) is 4.79 Å². The Morgan fingerprint density at radius 3 is 2.71 bits per heavy atom. The van der Waals surface area contributed by atoms with Crippen LogP contribution in [0.15, 0.2) is 53.4 Å². The van der Waals surface area contributed by atoms with Gasteiger partial charge in [0.25, 0.3) is 0 Å². The van der Waals surface area contributed by atoms with Gasteiger partial charge in [-0.25, -0.2) is 0 Å². The lowest BCUT2D eigenvalue weighted by molar-refractivity contribution is -0.114. The molecule has 0 atom stereocenters. The van der Waals surface area contributed by atoms with Gasteiger partial charge < -0.3 is 10.1 Å². The molecule has 1 N–H and O–H groups in total. The Bertz CT molecular complexity index is 601. The van der Waals surface area contributed by atoms with Crippen molar-refractivity contribution in [2.45, 2.75) is 11.8 Å². The average Bonchev–Trinajstić information content (AvgIpc) is 2.45. The SMILES string of the molecule is CC(=O)Nc1cccc(OCCSc2ccc(Cl)cc2)c1. The van der Waals surface area contributed by atoms with Crippen molar-refractivity contribution in [3.63, 3.8) is 0 Å². The molecule has 110 valence electrons. The molecule has 0 fully saturated rings. The van der Waals surface area contributed by atoms with Gasteiger partial charge in [-0.15, -0.1) is 11.8 Å². The summed E-state index contributed by atoms with van der Waals surface area (Å²) in [6.45, 7) is 2.08. The molecule has 2 aromatic rings. The van der Waals surface area contributed by atoms with E-state index in [4.69, 9.17) is 16.3 Å². The highest BCUT2D eigenvalue weighted by Crippen LogP contribution is 2.21. The van der Waals surface area contributed by atoms with Crippen LogP contribution in [0.5, 0.6) is 5.75 Å². The monoisotopic (exact) mass is 321 g/mol. The first-order valence-corrected chi connectivity index (χ1v) is 7.89. The van der Waals surface area contributed by atoms with Gasteiger partial charge in [-0.1, -0.05) is 17.7 Å². The minimum Gasteiger partial charge on any atom is -0.493 e. The van der Waals surface area contributed by atoms with Crippen molar-refractivity contribution in [3.8, 4) is 5.75 Å². The fraction of sp³-hybridized carbons (Fsp3) is 0.188. The molecule has 2 aromatic carbocycles. The standard InChI is InChI=1S/C16H16ClNO2S/c1-12(19)18-14-3-2-4-15(11-14)20-9-10-21-16-7-5-13(17)6-8-16/h2-8,11H,9-10H2,1H3,(H,18,19). The summed E-state index contributed by atoms with van der Waals surface area (Å²) in [4.78, 5) is 12.2. The number of carbonyl (C=O) groups is 1. The number of amides is 1. The van der Waals surface area contributed by atoms with Crippen LogP contribution in [0.2, 0.25) is 5.02 Å². The molecule has 0 aliphatic heterocycles. The maximum absolute atomic E-state index is 11.0. The van der Waals surface area contributed by atoms with Crippen LogP contribution in [-0.4, -0.2) is 18.3 Å². The highest BCUT2D eigenvalue weighted by atomic mass is 35.5. The van der Waals surface area contributed by atoms with Gasteiger partial charge in [0, 0.05) is 34.3 Å². The third-order valence-electron chi connectivity index (χ3n) is 2.59. The number of benzene rings is 2. The first kappa shape index (κ1) is 15.7. The van der Waals surface area contributed by atoms with Crippen molar-refractivity contribution < 1.29 is 9.53 Å². The van der Waals surface area contributed by atoms with E-state index in [1.165, 1.54) is 6.92 Å². The molecule has 3 nitrogen and oxygen atoms in total. The first-order valence-electron chi connectivity index (χ1n) is 6.52. The molecule has 0 spiro atoms. The summed E-state index contributed by atoms with van der Waals surface area (Å²) in [5.74, 6) is 1.50. The number of halogens is 1. The molecule has 0 heterocycles. The van der Waals surface area contributed by atoms with Gasteiger partial charge in [0.2, 0.25) is 5.91 Å². The normalized spacial score (nSPS) is 10.2. The van der Waals surface area contributed by atoms with E-state index in [0.29, 0.717) is 6.61 Å². The van der Waals surface area contributed by atoms with Crippen LogP contribution in [0.4, 0.5) is 5.69 Å². The number of hydrogen-bond donors (Lipinski definition) is 1. The number of ether oxygens (including phenoxy) is 1. The van der Waals surface area contributed by atoms with Crippen molar-refractivity contribution in [3.05, 3.63) is 53.6 Å². The second kappa shape index (κ2) is 7.96. The summed E-state index contributed by atoms with van der Waals surface area (Å²) in [5, 5.41) is 3.47. The fourth-order valence-electron chi connectivity index (χ4n) is 1.72. The van der Waals surface area contributed by atoms with Gasteiger partial charge in [0.15, 0.2) is 0 Å². The van der Waals surface area contributed by atoms with Gasteiger partial charge in [-0.05, 0) is 36.4 Å². The van der Waals surface area contributed by atoms with E-state index >= 15 is 0 Å². The summed E-state index contributed by atoms with van der Waals surface area (Å²) in [6, 6.07) is 15.1. The van der Waals surface area contributed by atoms with Crippen LogP contribution in [0.25, 0.3) is 0 Å². The van der Waals surface area contributed by atoms with Crippen molar-refractivity contribution >= 4 is 35.0 Å². The van der Waals surface area contributed by atoms with Crippen molar-refractivity contribution in [1.29, 1.82) is 0 Å². The molecule has 0 aromatic heterocycles. The fourth-order valence-corrected chi connectivity index (χ4v) is 2.57. The number of anilines is 1. The molecule has 0 radical (unpaired) electrons. The first-order chi connectivity index (χ1) is 10.1. The van der Waals surface area contributed by atoms with Gasteiger partial charge in [0.05, 0.1) is 6.61 Å². The van der Waals surface area contributed by atoms with Crippen molar-refractivity contribution in [2.24, 2.45) is 0 Å². The third-order valence-corrected chi connectivity index (χ3v) is 3.82. The molecule has 0 aliphatic rings. The van der Waals surface area contributed by atoms with E-state index in [-0.39, 0.29) is 5.91 Å². The van der Waals surface area contributed by atoms with Crippen molar-refractivity contribution in [1.82, 2.24) is 0 Å². The number of hydrogen-bond acceptors (Lipinski definition) is 3. The Morgan fingerprint density at radius 2 is 2.00 bits per heavy atom. The van der Waals surface area contributed by atoms with Crippen LogP contribution in [0.1, 0.15) is 6.92 Å². The van der Waals surface area contributed by atoms with Crippen LogP contribution >= 0.6 is 23.4 Å². The summed E-state index contributed by atoms with van der Waals surface area (Å²) in [5.41, 5.74) is 0.741. The van der Waals surface area contributed by atoms with Crippen LogP contribution in [0, 0.1) is 0 Å². The Morgan fingerprint density at radius 1 is 1.24 bits per heavy atom. The molecule has 5 heteroatoms. The Kier molecular flexibility index (Phi) is 5.96. The Hall–Kier alpha value is -1.65. The van der Waals surface area contributed by atoms with Gasteiger partial charge in [0.1, 0.15) is 5.75 Å². The molecule has 0 unspecified atom stereocenters. The number of rotatable bonds is 6. The van der Waals surface area contributed by atoms with E-state index in [1.54, 1.807) is 11.8 Å². The lowest BCUT2D eigenvalue weighted by atomic mass is 10.3. The second-order valence-electron chi connectivity index (χ2n) is 4.36. The molecule has 2 rings (SSSR count). The molecule has 0 aliphatic carbocycles. The van der Waals surface area contributed by atoms with E-state index < -0.39 is 0 Å². The Labute approximate surface area is 133 Å². The van der Waals surface area contributed by atoms with Crippen LogP contribution < -0.4 is 10.1 Å². The smallest absolute Gasteiger partial charge is 0.221 e. The van der Waals surface area contributed by atoms with E-state index in [0.717, 1.165) is 27.1 Å². The maximum Gasteiger partial charge on any atom is 0.221 e. The highest BCUT2D eigenvalue weighted by molar-refractivity contribution is 7.99. The topological polar surface area (TPSA) is 38.3 Å². The lowest BCUT2D eigenvalue weighted by Gasteiger charge is -2.08. The zero-order valence-corrected chi connectivity index (χ0v) is 13.2. The number of carbonyl (C=O) groups excluding carboxylic acids is 1. The molecular weight excluding hydrogens is 306 g/mol. The van der Waals surface area contributed by atoms with E-state index in [2.05, 4.69) is 5.32 Å². The van der Waals surface area contributed by atoms with Crippen LogP contribution in [0.3, 0.4) is 0 Å². The zero-order valence-electron chi connectivity index (χ0n) is 11.6. The predicted octanol–water partition coefficient (Wildman–Crippen LogP) is 4.47. The summed E-state index contributed by atoms with van der Waals surface area (Å²) >= 11 is 7.55. The lowest BCUT2D eigenvalue weighted by Crippen LogP contribution is -2.06. The molecule has 0 saturated heterocycles. The maximum atomic E-state index is 11.0. The zero-order chi connectivity index (χ0) is 15.1. The minimum atomic E-state index is -0.0922. The molecular formula is C16H16ClNO2S. The average molecular weight is 322 g/mol. The minimum absolute atomic E-state index is 0.0922. The third kappa shape index (κ3) is 5.69. The summed E-state index contributed by atoms with van der Waals surface area (Å²) < 4.78 is 5.68. The predicted molar refractivity (Wildman–Crippen MR) is 88.4 cm³/mol. The molecule has 1 amide bonds.